The molecule has 17 heavy (non-hydrogen) atoms. The Labute approximate surface area is 97.2 Å². The molecule has 0 amide bonds. The Morgan fingerprint density at radius 3 is 1.71 bits per heavy atom. The van der Waals surface area contributed by atoms with E-state index in [0.717, 1.165) is 0 Å². The molecule has 0 unspecified atom stereocenters. The lowest BCUT2D eigenvalue weighted by molar-refractivity contribution is -0.263. The highest BCUT2D eigenvalue weighted by molar-refractivity contribution is 6.09. The van der Waals surface area contributed by atoms with E-state index in [4.69, 9.17) is 0 Å². The van der Waals surface area contributed by atoms with Crippen LogP contribution in [0.4, 0.5) is 0 Å². The summed E-state index contributed by atoms with van der Waals surface area (Å²) in [5, 5.41) is 33.5. The predicted molar refractivity (Wildman–Crippen MR) is 64.2 cm³/mol. The van der Waals surface area contributed by atoms with Gasteiger partial charge in [0.1, 0.15) is 11.5 Å². The summed E-state index contributed by atoms with van der Waals surface area (Å²) in [6.45, 7) is 0. The normalized spacial score (nSPS) is 11.1. The van der Waals surface area contributed by atoms with Crippen LogP contribution in [-0.4, -0.2) is 10.2 Å². The highest BCUT2D eigenvalue weighted by Crippen LogP contribution is 2.40. The van der Waals surface area contributed by atoms with E-state index in [0.29, 0.717) is 10.8 Å². The fourth-order valence-corrected chi connectivity index (χ4v) is 2.14. The molecule has 0 aliphatic heterocycles. The number of fused-ring (bicyclic) bond motifs is 2. The number of phenols is 2. The van der Waals surface area contributed by atoms with E-state index in [2.05, 4.69) is 0 Å². The minimum Gasteiger partial charge on any atom is -0.871 e. The third-order valence-corrected chi connectivity index (χ3v) is 2.91. The number of hydrogen-bond acceptors (Lipinski definition) is 3. The maximum atomic E-state index is 12.2. The van der Waals surface area contributed by atoms with Crippen LogP contribution in [0.1, 0.15) is 0 Å². The molecule has 3 aromatic carbocycles. The van der Waals surface area contributed by atoms with Gasteiger partial charge >= 0.3 is 0 Å². The summed E-state index contributed by atoms with van der Waals surface area (Å²) in [6.07, 6.45) is 0. The lowest BCUT2D eigenvalue weighted by Gasteiger charge is -2.16. The molecular weight excluding hydrogens is 216 g/mol. The highest BCUT2D eigenvalue weighted by Gasteiger charge is 2.07. The topological polar surface area (TPSA) is 63.5 Å². The van der Waals surface area contributed by atoms with E-state index in [1.807, 2.05) is 0 Å². The average Bonchev–Trinajstić information content (AvgIpc) is 2.28. The molecule has 0 aromatic heterocycles. The zero-order valence-corrected chi connectivity index (χ0v) is 8.84. The van der Waals surface area contributed by atoms with Crippen LogP contribution in [0.5, 0.6) is 17.2 Å². The van der Waals surface area contributed by atoms with Gasteiger partial charge in [-0.05, 0) is 29.0 Å². The van der Waals surface area contributed by atoms with Crippen molar-refractivity contribution in [2.45, 2.75) is 0 Å². The molecule has 3 nitrogen and oxygen atoms in total. The van der Waals surface area contributed by atoms with Crippen molar-refractivity contribution in [2.24, 2.45) is 0 Å². The van der Waals surface area contributed by atoms with E-state index in [9.17, 15) is 15.3 Å². The molecule has 0 aliphatic rings. The Morgan fingerprint density at radius 1 is 0.765 bits per heavy atom. The molecule has 3 heteroatoms. The first-order valence-corrected chi connectivity index (χ1v) is 5.22. The molecule has 3 rings (SSSR count). The van der Waals surface area contributed by atoms with Crippen LogP contribution in [0.15, 0.2) is 42.5 Å². The van der Waals surface area contributed by atoms with Crippen LogP contribution < -0.4 is 5.11 Å². The smallest absolute Gasteiger partial charge is 0.122 e. The fourth-order valence-electron chi connectivity index (χ4n) is 2.14. The summed E-state index contributed by atoms with van der Waals surface area (Å²) >= 11 is 0. The number of phenolic OH excluding ortho intramolecular Hbond substituents is 2. The third kappa shape index (κ3) is 1.29. The van der Waals surface area contributed by atoms with Gasteiger partial charge in [-0.25, -0.2) is 0 Å². The lowest BCUT2D eigenvalue weighted by Crippen LogP contribution is -1.93. The van der Waals surface area contributed by atoms with Gasteiger partial charge in [0, 0.05) is 10.8 Å². The molecule has 0 radical (unpaired) electrons. The Hall–Kier alpha value is -2.42. The Bertz CT molecular complexity index is 672. The van der Waals surface area contributed by atoms with Gasteiger partial charge in [0.25, 0.3) is 0 Å². The van der Waals surface area contributed by atoms with Crippen LogP contribution >= 0.6 is 0 Å². The van der Waals surface area contributed by atoms with Crippen molar-refractivity contribution in [1.82, 2.24) is 0 Å². The summed E-state index contributed by atoms with van der Waals surface area (Å²) in [4.78, 5) is 0. The standard InChI is InChI=1S/C14H10O3/c15-10-5-1-3-8-7-9-4-2-6-11(16)13(9)14(17)12(8)10/h1-7,15-17H/p-1. The van der Waals surface area contributed by atoms with Gasteiger partial charge in [0.2, 0.25) is 0 Å². The van der Waals surface area contributed by atoms with Gasteiger partial charge in [-0.1, -0.05) is 30.0 Å². The molecular formula is C14H9O3-. The van der Waals surface area contributed by atoms with Crippen molar-refractivity contribution < 1.29 is 15.3 Å². The van der Waals surface area contributed by atoms with E-state index in [1.165, 1.54) is 12.1 Å². The number of hydrogen-bond donors (Lipinski definition) is 2. The SMILES string of the molecule is [O-]c1c2c(O)cccc2cc2cccc(O)c12. The first-order valence-electron chi connectivity index (χ1n) is 5.22. The van der Waals surface area contributed by atoms with E-state index >= 15 is 0 Å². The zero-order valence-electron chi connectivity index (χ0n) is 8.84. The van der Waals surface area contributed by atoms with Gasteiger partial charge in [-0.3, -0.25) is 0 Å². The van der Waals surface area contributed by atoms with Crippen molar-refractivity contribution in [3.63, 3.8) is 0 Å². The van der Waals surface area contributed by atoms with E-state index in [1.54, 1.807) is 30.3 Å². The van der Waals surface area contributed by atoms with Crippen LogP contribution in [0.25, 0.3) is 21.5 Å². The van der Waals surface area contributed by atoms with Crippen LogP contribution in [0.2, 0.25) is 0 Å². The molecule has 0 spiro atoms. The predicted octanol–water partition coefficient (Wildman–Crippen LogP) is 2.48. The van der Waals surface area contributed by atoms with Crippen LogP contribution in [0, 0.1) is 0 Å². The second-order valence-electron chi connectivity index (χ2n) is 3.96. The quantitative estimate of drug-likeness (QED) is 0.578. The maximum Gasteiger partial charge on any atom is 0.122 e. The van der Waals surface area contributed by atoms with Crippen molar-refractivity contribution in [1.29, 1.82) is 0 Å². The summed E-state index contributed by atoms with van der Waals surface area (Å²) in [6, 6.07) is 11.6. The molecule has 84 valence electrons. The minimum absolute atomic E-state index is 0.0577. The second-order valence-corrected chi connectivity index (χ2v) is 3.96. The zero-order chi connectivity index (χ0) is 12.0. The lowest BCUT2D eigenvalue weighted by atomic mass is 10.0. The molecule has 0 bridgehead atoms. The van der Waals surface area contributed by atoms with E-state index in [-0.39, 0.29) is 28.0 Å². The van der Waals surface area contributed by atoms with E-state index < -0.39 is 0 Å². The Balaban J connectivity index is 2.64. The molecule has 0 aliphatic carbocycles. The molecule has 0 saturated carbocycles. The molecule has 0 heterocycles. The third-order valence-electron chi connectivity index (χ3n) is 2.91. The van der Waals surface area contributed by atoms with Gasteiger partial charge in [0.05, 0.1) is 0 Å². The van der Waals surface area contributed by atoms with Gasteiger partial charge in [-0.2, -0.15) is 0 Å². The van der Waals surface area contributed by atoms with Gasteiger partial charge < -0.3 is 15.3 Å². The fraction of sp³-hybridized carbons (Fsp3) is 0. The van der Waals surface area contributed by atoms with Crippen LogP contribution in [-0.2, 0) is 0 Å². The molecule has 0 saturated heterocycles. The Morgan fingerprint density at radius 2 is 1.24 bits per heavy atom. The summed E-state index contributed by atoms with van der Waals surface area (Å²) in [5.74, 6) is -0.455. The number of rotatable bonds is 0. The van der Waals surface area contributed by atoms with Crippen molar-refractivity contribution in [2.75, 3.05) is 0 Å². The largest absolute Gasteiger partial charge is 0.871 e. The maximum absolute atomic E-state index is 12.2. The minimum atomic E-state index is -0.339. The van der Waals surface area contributed by atoms with Gasteiger partial charge in [-0.15, -0.1) is 0 Å². The average molecular weight is 225 g/mol. The summed E-state index contributed by atoms with van der Waals surface area (Å²) in [5.41, 5.74) is 0. The number of aromatic hydroxyl groups is 2. The highest BCUT2D eigenvalue weighted by atomic mass is 16.3. The molecule has 0 atom stereocenters. The summed E-state index contributed by atoms with van der Waals surface area (Å²) in [7, 11) is 0. The number of benzene rings is 3. The Kier molecular flexibility index (Phi) is 1.89. The molecule has 0 fully saturated rings. The monoisotopic (exact) mass is 225 g/mol. The first-order chi connectivity index (χ1) is 8.18. The molecule has 2 N–H and O–H groups in total. The van der Waals surface area contributed by atoms with Crippen molar-refractivity contribution in [3.05, 3.63) is 42.5 Å². The van der Waals surface area contributed by atoms with Crippen LogP contribution in [0.3, 0.4) is 0 Å². The van der Waals surface area contributed by atoms with Gasteiger partial charge in [0.15, 0.2) is 0 Å². The molecule has 3 aromatic rings. The first kappa shape index (κ1) is 9.78. The van der Waals surface area contributed by atoms with Crippen molar-refractivity contribution in [3.8, 4) is 17.2 Å². The second kappa shape index (κ2) is 3.28. The summed E-state index contributed by atoms with van der Waals surface area (Å²) < 4.78 is 0. The van der Waals surface area contributed by atoms with Crippen molar-refractivity contribution >= 4 is 21.5 Å².